The van der Waals surface area contributed by atoms with Gasteiger partial charge < -0.3 is 19.9 Å². The Hall–Kier alpha value is -3.13. The van der Waals surface area contributed by atoms with Crippen molar-refractivity contribution < 1.29 is 14.3 Å². The van der Waals surface area contributed by atoms with Gasteiger partial charge in [-0.25, -0.2) is 0 Å². The van der Waals surface area contributed by atoms with Crippen molar-refractivity contribution in [1.82, 2.24) is 20.1 Å². The molecule has 3 heterocycles. The molecule has 1 aromatic carbocycles. The highest BCUT2D eigenvalue weighted by molar-refractivity contribution is 5.89. The van der Waals surface area contributed by atoms with Gasteiger partial charge in [0.25, 0.3) is 0 Å². The fourth-order valence-electron chi connectivity index (χ4n) is 4.29. The van der Waals surface area contributed by atoms with E-state index < -0.39 is 6.04 Å². The quantitative estimate of drug-likeness (QED) is 0.751. The van der Waals surface area contributed by atoms with Crippen molar-refractivity contribution in [1.29, 1.82) is 0 Å². The zero-order valence-corrected chi connectivity index (χ0v) is 17.9. The Balaban J connectivity index is 1.38. The minimum absolute atomic E-state index is 0.0291. The second kappa shape index (κ2) is 9.78. The van der Waals surface area contributed by atoms with Gasteiger partial charge in [0.15, 0.2) is 0 Å². The predicted molar refractivity (Wildman–Crippen MR) is 118 cm³/mol. The summed E-state index contributed by atoms with van der Waals surface area (Å²) >= 11 is 0. The molecule has 2 fully saturated rings. The van der Waals surface area contributed by atoms with E-state index in [-0.39, 0.29) is 18.2 Å². The monoisotopic (exact) mass is 423 g/mol. The highest BCUT2D eigenvalue weighted by Crippen LogP contribution is 2.23. The Labute approximate surface area is 182 Å². The summed E-state index contributed by atoms with van der Waals surface area (Å²) < 4.78 is 5.46. The minimum Gasteiger partial charge on any atom is -0.496 e. The maximum absolute atomic E-state index is 13.0. The first-order valence-corrected chi connectivity index (χ1v) is 10.7. The third-order valence-electron chi connectivity index (χ3n) is 6.04. The minimum atomic E-state index is -0.468. The molecule has 0 spiro atoms. The average molecular weight is 424 g/mol. The molecule has 2 aliphatic heterocycles. The molecule has 1 N–H and O–H groups in total. The number of benzene rings is 1. The van der Waals surface area contributed by atoms with Gasteiger partial charge in [0, 0.05) is 69.5 Å². The van der Waals surface area contributed by atoms with Crippen molar-refractivity contribution in [2.45, 2.75) is 19.0 Å². The van der Waals surface area contributed by atoms with Crippen LogP contribution in [0, 0.1) is 0 Å². The molecule has 1 aromatic heterocycles. The van der Waals surface area contributed by atoms with Crippen LogP contribution >= 0.6 is 0 Å². The summed E-state index contributed by atoms with van der Waals surface area (Å²) in [5, 5.41) is 2.92. The van der Waals surface area contributed by atoms with Crippen LogP contribution in [0.3, 0.4) is 0 Å². The Morgan fingerprint density at radius 2 is 1.84 bits per heavy atom. The predicted octanol–water partition coefficient (Wildman–Crippen LogP) is 1.13. The van der Waals surface area contributed by atoms with E-state index in [1.165, 1.54) is 0 Å². The molecule has 0 saturated carbocycles. The maximum atomic E-state index is 13.0. The van der Waals surface area contributed by atoms with Crippen LogP contribution in [0.1, 0.15) is 12.0 Å². The maximum Gasteiger partial charge on any atom is 0.237 e. The largest absolute Gasteiger partial charge is 0.496 e. The number of rotatable bonds is 6. The Morgan fingerprint density at radius 3 is 2.58 bits per heavy atom. The Kier molecular flexibility index (Phi) is 6.66. The van der Waals surface area contributed by atoms with E-state index in [0.717, 1.165) is 30.1 Å². The third kappa shape index (κ3) is 4.96. The second-order valence-corrected chi connectivity index (χ2v) is 7.87. The number of para-hydroxylation sites is 1. The standard InChI is InChI=1S/C23H29N5O3/c1-31-21-5-3-2-4-18(21)17-28-11-10-25-23(30)20(28)16-22(29)27-14-12-26(13-15-27)19-6-8-24-9-7-19/h2-9,20H,10-17H2,1H3,(H,25,30). The van der Waals surface area contributed by atoms with Gasteiger partial charge in [0.2, 0.25) is 11.8 Å². The number of carbonyl (C=O) groups is 2. The van der Waals surface area contributed by atoms with Gasteiger partial charge in [0.1, 0.15) is 5.75 Å². The Morgan fingerprint density at radius 1 is 1.10 bits per heavy atom. The molecule has 0 radical (unpaired) electrons. The van der Waals surface area contributed by atoms with E-state index in [0.29, 0.717) is 32.7 Å². The average Bonchev–Trinajstić information content (AvgIpc) is 2.82. The van der Waals surface area contributed by atoms with E-state index in [1.54, 1.807) is 19.5 Å². The van der Waals surface area contributed by atoms with Crippen LogP contribution in [-0.2, 0) is 16.1 Å². The van der Waals surface area contributed by atoms with Crippen LogP contribution in [-0.4, -0.2) is 79.0 Å². The number of amides is 2. The molecule has 0 aliphatic carbocycles. The summed E-state index contributed by atoms with van der Waals surface area (Å²) in [5.41, 5.74) is 2.14. The van der Waals surface area contributed by atoms with Crippen molar-refractivity contribution >= 4 is 17.5 Å². The van der Waals surface area contributed by atoms with E-state index in [2.05, 4.69) is 20.1 Å². The van der Waals surface area contributed by atoms with Gasteiger partial charge in [-0.2, -0.15) is 0 Å². The number of anilines is 1. The number of aromatic nitrogens is 1. The van der Waals surface area contributed by atoms with E-state index in [1.807, 2.05) is 41.3 Å². The van der Waals surface area contributed by atoms with Crippen LogP contribution in [0.5, 0.6) is 5.75 Å². The number of methoxy groups -OCH3 is 1. The SMILES string of the molecule is COc1ccccc1CN1CCNC(=O)C1CC(=O)N1CCN(c2ccncc2)CC1. The van der Waals surface area contributed by atoms with Gasteiger partial charge >= 0.3 is 0 Å². The highest BCUT2D eigenvalue weighted by atomic mass is 16.5. The van der Waals surface area contributed by atoms with E-state index >= 15 is 0 Å². The fourth-order valence-corrected chi connectivity index (χ4v) is 4.29. The lowest BCUT2D eigenvalue weighted by atomic mass is 10.1. The van der Waals surface area contributed by atoms with Gasteiger partial charge in [-0.05, 0) is 18.2 Å². The lowest BCUT2D eigenvalue weighted by Gasteiger charge is -2.39. The second-order valence-electron chi connectivity index (χ2n) is 7.87. The van der Waals surface area contributed by atoms with Crippen LogP contribution in [0.4, 0.5) is 5.69 Å². The number of piperazine rings is 2. The first kappa shape index (κ1) is 21.1. The van der Waals surface area contributed by atoms with Crippen molar-refractivity contribution in [2.24, 2.45) is 0 Å². The highest BCUT2D eigenvalue weighted by Gasteiger charge is 2.34. The third-order valence-corrected chi connectivity index (χ3v) is 6.04. The molecular formula is C23H29N5O3. The number of nitrogens with one attached hydrogen (secondary N) is 1. The normalized spacial score (nSPS) is 19.8. The molecule has 2 saturated heterocycles. The molecule has 8 heteroatoms. The summed E-state index contributed by atoms with van der Waals surface area (Å²) in [6.45, 7) is 4.73. The van der Waals surface area contributed by atoms with Crippen molar-refractivity contribution in [3.63, 3.8) is 0 Å². The number of nitrogens with zero attached hydrogens (tertiary/aromatic N) is 4. The number of ether oxygens (including phenoxy) is 1. The molecular weight excluding hydrogens is 394 g/mol. The molecule has 0 bridgehead atoms. The van der Waals surface area contributed by atoms with Crippen LogP contribution in [0.15, 0.2) is 48.8 Å². The van der Waals surface area contributed by atoms with Crippen LogP contribution in [0.25, 0.3) is 0 Å². The van der Waals surface area contributed by atoms with Gasteiger partial charge in [-0.1, -0.05) is 18.2 Å². The first-order chi connectivity index (χ1) is 15.2. The molecule has 8 nitrogen and oxygen atoms in total. The summed E-state index contributed by atoms with van der Waals surface area (Å²) in [5.74, 6) is 0.747. The zero-order chi connectivity index (χ0) is 21.6. The molecule has 31 heavy (non-hydrogen) atoms. The molecule has 2 amide bonds. The molecule has 2 aliphatic rings. The molecule has 1 unspecified atom stereocenters. The summed E-state index contributed by atoms with van der Waals surface area (Å²) in [4.78, 5) is 36.0. The van der Waals surface area contributed by atoms with Gasteiger partial charge in [-0.3, -0.25) is 19.5 Å². The fraction of sp³-hybridized carbons (Fsp3) is 0.435. The first-order valence-electron chi connectivity index (χ1n) is 10.7. The summed E-state index contributed by atoms with van der Waals surface area (Å²) in [6, 6.07) is 11.3. The topological polar surface area (TPSA) is 78.0 Å². The molecule has 2 aromatic rings. The van der Waals surface area contributed by atoms with Gasteiger partial charge in [0.05, 0.1) is 19.6 Å². The Bertz CT molecular complexity index is 899. The molecule has 164 valence electrons. The van der Waals surface area contributed by atoms with Crippen molar-refractivity contribution in [3.8, 4) is 5.75 Å². The number of hydrogen-bond donors (Lipinski definition) is 1. The van der Waals surface area contributed by atoms with Crippen molar-refractivity contribution in [2.75, 3.05) is 51.3 Å². The molecule has 1 atom stereocenters. The summed E-state index contributed by atoms with van der Waals surface area (Å²) in [6.07, 6.45) is 3.76. The summed E-state index contributed by atoms with van der Waals surface area (Å²) in [7, 11) is 1.65. The molecule has 4 rings (SSSR count). The number of carbonyl (C=O) groups excluding carboxylic acids is 2. The number of hydrogen-bond acceptors (Lipinski definition) is 6. The lowest BCUT2D eigenvalue weighted by Crippen LogP contribution is -2.57. The van der Waals surface area contributed by atoms with Gasteiger partial charge in [-0.15, -0.1) is 0 Å². The lowest BCUT2D eigenvalue weighted by molar-refractivity contribution is -0.139. The zero-order valence-electron chi connectivity index (χ0n) is 17.9. The van der Waals surface area contributed by atoms with Crippen LogP contribution in [0.2, 0.25) is 0 Å². The van der Waals surface area contributed by atoms with E-state index in [4.69, 9.17) is 4.74 Å². The smallest absolute Gasteiger partial charge is 0.237 e. The van der Waals surface area contributed by atoms with E-state index in [9.17, 15) is 9.59 Å². The number of pyridine rings is 1. The van der Waals surface area contributed by atoms with Crippen LogP contribution < -0.4 is 15.0 Å². The van der Waals surface area contributed by atoms with Crippen molar-refractivity contribution in [3.05, 3.63) is 54.4 Å².